The Hall–Kier alpha value is -1.64. The van der Waals surface area contributed by atoms with Gasteiger partial charge in [0, 0.05) is 12.7 Å². The number of hydrogen-bond donors (Lipinski definition) is 2. The predicted molar refractivity (Wildman–Crippen MR) is 73.5 cm³/mol. The number of aromatic nitrogens is 2. The van der Waals surface area contributed by atoms with Crippen LogP contribution in [0.3, 0.4) is 0 Å². The maximum atomic E-state index is 12.9. The van der Waals surface area contributed by atoms with Crippen LogP contribution in [0.4, 0.5) is 10.1 Å². The summed E-state index contributed by atoms with van der Waals surface area (Å²) in [5.74, 6) is -0.547. The smallest absolute Gasteiger partial charge is 0.265 e. The van der Waals surface area contributed by atoms with E-state index in [1.807, 2.05) is 0 Å². The zero-order valence-corrected chi connectivity index (χ0v) is 11.8. The van der Waals surface area contributed by atoms with Crippen molar-refractivity contribution >= 4 is 27.3 Å². The van der Waals surface area contributed by atoms with Gasteiger partial charge in [-0.05, 0) is 18.2 Å². The number of hydrogen-bond acceptors (Lipinski definition) is 4. The van der Waals surface area contributed by atoms with E-state index in [4.69, 9.17) is 17.3 Å². The first-order valence-corrected chi connectivity index (χ1v) is 7.49. The van der Waals surface area contributed by atoms with Crippen LogP contribution in [0.15, 0.2) is 35.5 Å². The average Bonchev–Trinajstić information content (AvgIpc) is 2.83. The van der Waals surface area contributed by atoms with Crippen molar-refractivity contribution in [3.05, 3.63) is 41.4 Å². The van der Waals surface area contributed by atoms with Gasteiger partial charge in [0.25, 0.3) is 10.0 Å². The topological polar surface area (TPSA) is 90.0 Å². The molecule has 0 aliphatic rings. The van der Waals surface area contributed by atoms with E-state index >= 15 is 0 Å². The minimum Gasteiger partial charge on any atom is -0.329 e. The number of rotatable bonds is 5. The zero-order chi connectivity index (χ0) is 14.8. The van der Waals surface area contributed by atoms with Crippen molar-refractivity contribution < 1.29 is 12.8 Å². The third-order valence-electron chi connectivity index (χ3n) is 2.45. The molecular weight excluding hydrogens is 307 g/mol. The van der Waals surface area contributed by atoms with E-state index in [0.29, 0.717) is 13.1 Å². The summed E-state index contributed by atoms with van der Waals surface area (Å²) >= 11 is 5.77. The Bertz CT molecular complexity index is 717. The molecule has 1 aromatic carbocycles. The molecule has 2 rings (SSSR count). The highest BCUT2D eigenvalue weighted by molar-refractivity contribution is 7.92. The number of benzene rings is 1. The van der Waals surface area contributed by atoms with E-state index in [1.54, 1.807) is 0 Å². The predicted octanol–water partition coefficient (Wildman–Crippen LogP) is 1.44. The van der Waals surface area contributed by atoms with Gasteiger partial charge in [0.05, 0.1) is 23.5 Å². The van der Waals surface area contributed by atoms with Crippen LogP contribution in [0.5, 0.6) is 0 Å². The SMILES string of the molecule is NCCn1cc(S(=O)(=O)Nc2ccc(F)cc2Cl)cn1. The minimum atomic E-state index is -3.83. The highest BCUT2D eigenvalue weighted by atomic mass is 35.5. The van der Waals surface area contributed by atoms with Crippen LogP contribution in [0.25, 0.3) is 0 Å². The number of nitrogens with two attached hydrogens (primary N) is 1. The molecule has 1 heterocycles. The van der Waals surface area contributed by atoms with Gasteiger partial charge >= 0.3 is 0 Å². The Morgan fingerprint density at radius 2 is 2.20 bits per heavy atom. The number of anilines is 1. The summed E-state index contributed by atoms with van der Waals surface area (Å²) in [7, 11) is -3.83. The highest BCUT2D eigenvalue weighted by Gasteiger charge is 2.18. The van der Waals surface area contributed by atoms with Crippen molar-refractivity contribution in [2.75, 3.05) is 11.3 Å². The molecule has 0 radical (unpaired) electrons. The van der Waals surface area contributed by atoms with Crippen LogP contribution in [0.2, 0.25) is 5.02 Å². The summed E-state index contributed by atoms with van der Waals surface area (Å²) in [6, 6.07) is 3.39. The normalized spacial score (nSPS) is 11.6. The molecule has 0 saturated carbocycles. The van der Waals surface area contributed by atoms with Gasteiger partial charge in [0.1, 0.15) is 10.7 Å². The largest absolute Gasteiger partial charge is 0.329 e. The molecular formula is C11H12ClFN4O2S. The Balaban J connectivity index is 2.26. The van der Waals surface area contributed by atoms with Crippen LogP contribution < -0.4 is 10.5 Å². The quantitative estimate of drug-likeness (QED) is 0.872. The Morgan fingerprint density at radius 1 is 1.45 bits per heavy atom. The van der Waals surface area contributed by atoms with Crippen molar-refractivity contribution in [3.8, 4) is 0 Å². The van der Waals surface area contributed by atoms with Crippen LogP contribution in [0.1, 0.15) is 0 Å². The summed E-state index contributed by atoms with van der Waals surface area (Å²) in [5.41, 5.74) is 5.45. The van der Waals surface area contributed by atoms with E-state index in [2.05, 4.69) is 9.82 Å². The maximum absolute atomic E-state index is 12.9. The third kappa shape index (κ3) is 3.27. The summed E-state index contributed by atoms with van der Waals surface area (Å²) in [5, 5.41) is 3.85. The number of nitrogens with one attached hydrogen (secondary N) is 1. The van der Waals surface area contributed by atoms with Gasteiger partial charge in [-0.2, -0.15) is 5.10 Å². The minimum absolute atomic E-state index is 0.0219. The fraction of sp³-hybridized carbons (Fsp3) is 0.182. The van der Waals surface area contributed by atoms with Crippen molar-refractivity contribution in [1.29, 1.82) is 0 Å². The van der Waals surface area contributed by atoms with Gasteiger partial charge < -0.3 is 5.73 Å². The van der Waals surface area contributed by atoms with Gasteiger partial charge in [-0.1, -0.05) is 11.6 Å². The van der Waals surface area contributed by atoms with Crippen molar-refractivity contribution in [2.45, 2.75) is 11.4 Å². The number of nitrogens with zero attached hydrogens (tertiary/aromatic N) is 2. The molecule has 0 amide bonds. The lowest BCUT2D eigenvalue weighted by Crippen LogP contribution is -2.13. The molecule has 0 spiro atoms. The summed E-state index contributed by atoms with van der Waals surface area (Å²) < 4.78 is 40.8. The van der Waals surface area contributed by atoms with Crippen LogP contribution in [-0.4, -0.2) is 24.7 Å². The molecule has 1 aromatic heterocycles. The molecule has 9 heteroatoms. The fourth-order valence-electron chi connectivity index (χ4n) is 1.51. The van der Waals surface area contributed by atoms with Gasteiger partial charge in [-0.15, -0.1) is 0 Å². The summed E-state index contributed by atoms with van der Waals surface area (Å²) in [6.07, 6.45) is 2.56. The van der Waals surface area contributed by atoms with Gasteiger partial charge in [0.15, 0.2) is 0 Å². The van der Waals surface area contributed by atoms with Gasteiger partial charge in [-0.25, -0.2) is 12.8 Å². The Kier molecular flexibility index (Phi) is 4.26. The van der Waals surface area contributed by atoms with E-state index in [0.717, 1.165) is 12.1 Å². The Morgan fingerprint density at radius 3 is 2.85 bits per heavy atom. The van der Waals surface area contributed by atoms with Crippen LogP contribution in [0, 0.1) is 5.82 Å². The molecule has 0 atom stereocenters. The zero-order valence-electron chi connectivity index (χ0n) is 10.3. The molecule has 0 aliphatic carbocycles. The van der Waals surface area contributed by atoms with E-state index in [9.17, 15) is 12.8 Å². The molecule has 2 aromatic rings. The van der Waals surface area contributed by atoms with Crippen LogP contribution >= 0.6 is 11.6 Å². The standard InChI is InChI=1S/C11H12ClFN4O2S/c12-10-5-8(13)1-2-11(10)16-20(18,19)9-6-15-17(7-9)4-3-14/h1-2,5-7,16H,3-4,14H2. The lowest BCUT2D eigenvalue weighted by molar-refractivity contribution is 0.599. The van der Waals surface area contributed by atoms with Crippen molar-refractivity contribution in [1.82, 2.24) is 9.78 Å². The van der Waals surface area contributed by atoms with Crippen LogP contribution in [-0.2, 0) is 16.6 Å². The molecule has 0 aliphatic heterocycles. The second-order valence-corrected chi connectivity index (χ2v) is 6.05. The molecule has 6 nitrogen and oxygen atoms in total. The van der Waals surface area contributed by atoms with E-state index in [1.165, 1.54) is 23.1 Å². The average molecular weight is 319 g/mol. The third-order valence-corrected chi connectivity index (χ3v) is 4.09. The molecule has 20 heavy (non-hydrogen) atoms. The first kappa shape index (κ1) is 14.8. The monoisotopic (exact) mass is 318 g/mol. The highest BCUT2D eigenvalue weighted by Crippen LogP contribution is 2.25. The first-order chi connectivity index (χ1) is 9.42. The second-order valence-electron chi connectivity index (χ2n) is 3.96. The molecule has 0 unspecified atom stereocenters. The fourth-order valence-corrected chi connectivity index (χ4v) is 2.82. The molecule has 0 fully saturated rings. The van der Waals surface area contributed by atoms with Gasteiger partial charge in [0.2, 0.25) is 0 Å². The van der Waals surface area contributed by atoms with E-state index in [-0.39, 0.29) is 15.6 Å². The molecule has 108 valence electrons. The van der Waals surface area contributed by atoms with E-state index < -0.39 is 15.8 Å². The lowest BCUT2D eigenvalue weighted by atomic mass is 10.3. The van der Waals surface area contributed by atoms with Crippen molar-refractivity contribution in [2.24, 2.45) is 5.73 Å². The number of sulfonamides is 1. The molecule has 3 N–H and O–H groups in total. The Labute approximate surface area is 120 Å². The molecule has 0 bridgehead atoms. The van der Waals surface area contributed by atoms with Crippen molar-refractivity contribution in [3.63, 3.8) is 0 Å². The summed E-state index contributed by atoms with van der Waals surface area (Å²) in [4.78, 5) is -0.0219. The first-order valence-electron chi connectivity index (χ1n) is 5.63. The second kappa shape index (κ2) is 5.78. The number of halogens is 2. The maximum Gasteiger partial charge on any atom is 0.265 e. The molecule has 0 saturated heterocycles. The lowest BCUT2D eigenvalue weighted by Gasteiger charge is -2.07. The summed E-state index contributed by atoms with van der Waals surface area (Å²) in [6.45, 7) is 0.755. The van der Waals surface area contributed by atoms with Gasteiger partial charge in [-0.3, -0.25) is 9.40 Å².